The number of halogens is 1. The zero-order valence-electron chi connectivity index (χ0n) is 10.4. The number of hydrogen-bond acceptors (Lipinski definition) is 4. The SMILES string of the molecule is COc1ccc(OC)c(-c2nc(Cl)ncc2C)c1. The summed E-state index contributed by atoms with van der Waals surface area (Å²) in [5.41, 5.74) is 2.50. The molecule has 0 unspecified atom stereocenters. The third-order valence-electron chi connectivity index (χ3n) is 2.60. The molecule has 0 spiro atoms. The quantitative estimate of drug-likeness (QED) is 0.799. The third kappa shape index (κ3) is 2.38. The van der Waals surface area contributed by atoms with Crippen molar-refractivity contribution in [1.82, 2.24) is 9.97 Å². The first kappa shape index (κ1) is 12.6. The fourth-order valence-corrected chi connectivity index (χ4v) is 1.83. The van der Waals surface area contributed by atoms with E-state index in [9.17, 15) is 0 Å². The van der Waals surface area contributed by atoms with Crippen molar-refractivity contribution in [1.29, 1.82) is 0 Å². The van der Waals surface area contributed by atoms with Crippen LogP contribution in [0, 0.1) is 6.92 Å². The standard InChI is InChI=1S/C13H13ClN2O2/c1-8-7-15-13(14)16-12(8)10-6-9(17-2)4-5-11(10)18-3/h4-7H,1-3H3. The maximum Gasteiger partial charge on any atom is 0.222 e. The van der Waals surface area contributed by atoms with Gasteiger partial charge in [0, 0.05) is 11.8 Å². The summed E-state index contributed by atoms with van der Waals surface area (Å²) in [5, 5.41) is 0.209. The molecular weight excluding hydrogens is 252 g/mol. The molecule has 0 aliphatic rings. The highest BCUT2D eigenvalue weighted by molar-refractivity contribution is 6.28. The minimum atomic E-state index is 0.209. The lowest BCUT2D eigenvalue weighted by Crippen LogP contribution is -1.95. The number of aromatic nitrogens is 2. The van der Waals surface area contributed by atoms with Gasteiger partial charge >= 0.3 is 0 Å². The number of rotatable bonds is 3. The first-order chi connectivity index (χ1) is 8.65. The van der Waals surface area contributed by atoms with Crippen LogP contribution in [0.25, 0.3) is 11.3 Å². The van der Waals surface area contributed by atoms with Crippen LogP contribution in [0.1, 0.15) is 5.56 Å². The van der Waals surface area contributed by atoms with E-state index in [0.717, 1.165) is 22.6 Å². The van der Waals surface area contributed by atoms with E-state index in [2.05, 4.69) is 9.97 Å². The Kier molecular flexibility index (Phi) is 3.67. The Morgan fingerprint density at radius 2 is 1.94 bits per heavy atom. The Bertz CT molecular complexity index is 573. The maximum atomic E-state index is 5.84. The fraction of sp³-hybridized carbons (Fsp3) is 0.231. The Morgan fingerprint density at radius 1 is 1.17 bits per heavy atom. The maximum absolute atomic E-state index is 5.84. The predicted octanol–water partition coefficient (Wildman–Crippen LogP) is 3.12. The highest BCUT2D eigenvalue weighted by atomic mass is 35.5. The van der Waals surface area contributed by atoms with Gasteiger partial charge in [-0.25, -0.2) is 9.97 Å². The lowest BCUT2D eigenvalue weighted by molar-refractivity contribution is 0.404. The van der Waals surface area contributed by atoms with Gasteiger partial charge in [-0.05, 0) is 42.3 Å². The summed E-state index contributed by atoms with van der Waals surface area (Å²) in [6.45, 7) is 1.92. The molecule has 0 fully saturated rings. The summed E-state index contributed by atoms with van der Waals surface area (Å²) < 4.78 is 10.5. The van der Waals surface area contributed by atoms with E-state index in [0.29, 0.717) is 5.75 Å². The van der Waals surface area contributed by atoms with Crippen molar-refractivity contribution in [3.63, 3.8) is 0 Å². The zero-order chi connectivity index (χ0) is 13.1. The van der Waals surface area contributed by atoms with Gasteiger partial charge in [-0.1, -0.05) is 0 Å². The summed E-state index contributed by atoms with van der Waals surface area (Å²) >= 11 is 5.84. The molecule has 1 heterocycles. The molecule has 94 valence electrons. The van der Waals surface area contributed by atoms with Crippen LogP contribution in [0.3, 0.4) is 0 Å². The summed E-state index contributed by atoms with van der Waals surface area (Å²) in [6, 6.07) is 5.54. The lowest BCUT2D eigenvalue weighted by Gasteiger charge is -2.11. The van der Waals surface area contributed by atoms with Gasteiger partial charge in [-0.15, -0.1) is 0 Å². The van der Waals surface area contributed by atoms with E-state index in [1.54, 1.807) is 20.4 Å². The summed E-state index contributed by atoms with van der Waals surface area (Å²) in [6.07, 6.45) is 1.68. The monoisotopic (exact) mass is 264 g/mol. The molecule has 0 aliphatic heterocycles. The van der Waals surface area contributed by atoms with Crippen molar-refractivity contribution in [2.24, 2.45) is 0 Å². The molecule has 18 heavy (non-hydrogen) atoms. The van der Waals surface area contributed by atoms with Crippen molar-refractivity contribution in [2.75, 3.05) is 14.2 Å². The van der Waals surface area contributed by atoms with E-state index in [-0.39, 0.29) is 5.28 Å². The molecule has 0 amide bonds. The van der Waals surface area contributed by atoms with E-state index in [1.165, 1.54) is 0 Å². The largest absolute Gasteiger partial charge is 0.497 e. The molecule has 2 aromatic rings. The van der Waals surface area contributed by atoms with Crippen LogP contribution in [0.15, 0.2) is 24.4 Å². The van der Waals surface area contributed by atoms with Crippen molar-refractivity contribution in [3.05, 3.63) is 35.2 Å². The van der Waals surface area contributed by atoms with Crippen LogP contribution in [0.2, 0.25) is 5.28 Å². The zero-order valence-corrected chi connectivity index (χ0v) is 11.2. The first-order valence-electron chi connectivity index (χ1n) is 5.37. The first-order valence-corrected chi connectivity index (χ1v) is 5.75. The summed E-state index contributed by atoms with van der Waals surface area (Å²) in [7, 11) is 3.23. The Balaban J connectivity index is 2.64. The number of nitrogens with zero attached hydrogens (tertiary/aromatic N) is 2. The number of hydrogen-bond donors (Lipinski definition) is 0. The van der Waals surface area contributed by atoms with Crippen LogP contribution in [-0.2, 0) is 0 Å². The molecule has 0 saturated heterocycles. The lowest BCUT2D eigenvalue weighted by atomic mass is 10.1. The smallest absolute Gasteiger partial charge is 0.222 e. The second kappa shape index (κ2) is 5.23. The van der Waals surface area contributed by atoms with E-state index < -0.39 is 0 Å². The minimum Gasteiger partial charge on any atom is -0.497 e. The van der Waals surface area contributed by atoms with E-state index >= 15 is 0 Å². The van der Waals surface area contributed by atoms with E-state index in [4.69, 9.17) is 21.1 Å². The van der Waals surface area contributed by atoms with Gasteiger partial charge in [-0.2, -0.15) is 0 Å². The number of benzene rings is 1. The second-order valence-corrected chi connectivity index (χ2v) is 4.07. The molecule has 0 N–H and O–H groups in total. The van der Waals surface area contributed by atoms with Crippen LogP contribution in [0.4, 0.5) is 0 Å². The summed E-state index contributed by atoms with van der Waals surface area (Å²) in [5.74, 6) is 1.45. The van der Waals surface area contributed by atoms with Gasteiger partial charge in [0.05, 0.1) is 19.9 Å². The summed E-state index contributed by atoms with van der Waals surface area (Å²) in [4.78, 5) is 8.19. The van der Waals surface area contributed by atoms with Crippen LogP contribution >= 0.6 is 11.6 Å². The van der Waals surface area contributed by atoms with Crippen molar-refractivity contribution >= 4 is 11.6 Å². The second-order valence-electron chi connectivity index (χ2n) is 3.74. The fourth-order valence-electron chi connectivity index (χ4n) is 1.69. The number of aryl methyl sites for hydroxylation is 1. The minimum absolute atomic E-state index is 0.209. The van der Waals surface area contributed by atoms with Gasteiger partial charge in [0.25, 0.3) is 0 Å². The molecular formula is C13H13ClN2O2. The molecule has 0 radical (unpaired) electrons. The molecule has 0 bridgehead atoms. The van der Waals surface area contributed by atoms with Gasteiger partial charge < -0.3 is 9.47 Å². The average Bonchev–Trinajstić information content (AvgIpc) is 2.40. The van der Waals surface area contributed by atoms with E-state index in [1.807, 2.05) is 25.1 Å². The molecule has 1 aromatic carbocycles. The number of ether oxygens (including phenoxy) is 2. The molecule has 0 saturated carbocycles. The van der Waals surface area contributed by atoms with Gasteiger partial charge in [-0.3, -0.25) is 0 Å². The molecule has 0 atom stereocenters. The number of methoxy groups -OCH3 is 2. The Morgan fingerprint density at radius 3 is 2.61 bits per heavy atom. The molecule has 5 heteroatoms. The third-order valence-corrected chi connectivity index (χ3v) is 2.79. The molecule has 0 aliphatic carbocycles. The van der Waals surface area contributed by atoms with Gasteiger partial charge in [0.1, 0.15) is 11.5 Å². The molecule has 4 nitrogen and oxygen atoms in total. The van der Waals surface area contributed by atoms with Crippen LogP contribution < -0.4 is 9.47 Å². The van der Waals surface area contributed by atoms with Crippen LogP contribution in [0.5, 0.6) is 11.5 Å². The highest BCUT2D eigenvalue weighted by Crippen LogP contribution is 2.34. The highest BCUT2D eigenvalue weighted by Gasteiger charge is 2.12. The molecule has 1 aromatic heterocycles. The topological polar surface area (TPSA) is 44.2 Å². The van der Waals surface area contributed by atoms with Gasteiger partial charge in [0.15, 0.2) is 0 Å². The molecule has 2 rings (SSSR count). The van der Waals surface area contributed by atoms with Crippen molar-refractivity contribution < 1.29 is 9.47 Å². The normalized spacial score (nSPS) is 10.2. The van der Waals surface area contributed by atoms with Crippen LogP contribution in [-0.4, -0.2) is 24.2 Å². The van der Waals surface area contributed by atoms with Gasteiger partial charge in [0.2, 0.25) is 5.28 Å². The Labute approximate surface area is 111 Å². The van der Waals surface area contributed by atoms with Crippen molar-refractivity contribution in [3.8, 4) is 22.8 Å². The predicted molar refractivity (Wildman–Crippen MR) is 70.3 cm³/mol. The average molecular weight is 265 g/mol. The Hall–Kier alpha value is -1.81. The van der Waals surface area contributed by atoms with Crippen molar-refractivity contribution in [2.45, 2.75) is 6.92 Å².